The largest absolute Gasteiger partial charge is 0.491 e. The number of halogens is 1. The number of rotatable bonds is 5. The van der Waals surface area contributed by atoms with Gasteiger partial charge in [-0.15, -0.1) is 0 Å². The zero-order valence-electron chi connectivity index (χ0n) is 12.6. The first-order valence-corrected chi connectivity index (χ1v) is 7.09. The van der Waals surface area contributed by atoms with Gasteiger partial charge >= 0.3 is 6.03 Å². The van der Waals surface area contributed by atoms with Crippen molar-refractivity contribution in [2.75, 3.05) is 5.32 Å². The minimum atomic E-state index is -0.388. The number of anilines is 1. The first-order valence-electron chi connectivity index (χ1n) is 7.09. The van der Waals surface area contributed by atoms with Crippen molar-refractivity contribution in [3.63, 3.8) is 0 Å². The lowest BCUT2D eigenvalue weighted by atomic mass is 10.2. The van der Waals surface area contributed by atoms with E-state index in [0.29, 0.717) is 11.3 Å². The SMILES string of the molecule is CC(C)Oc1ccc(NC(=O)NCc2ccccc2F)cc1. The van der Waals surface area contributed by atoms with Gasteiger partial charge in [0.15, 0.2) is 0 Å². The van der Waals surface area contributed by atoms with E-state index in [1.165, 1.54) is 6.07 Å². The second kappa shape index (κ2) is 7.45. The summed E-state index contributed by atoms with van der Waals surface area (Å²) in [6.45, 7) is 4.03. The molecule has 2 aromatic carbocycles. The van der Waals surface area contributed by atoms with Gasteiger partial charge in [0.05, 0.1) is 6.10 Å². The van der Waals surface area contributed by atoms with Crippen molar-refractivity contribution in [1.82, 2.24) is 5.32 Å². The third-order valence-electron chi connectivity index (χ3n) is 2.88. The first kappa shape index (κ1) is 15.8. The molecule has 0 aromatic heterocycles. The van der Waals surface area contributed by atoms with Crippen LogP contribution in [0.25, 0.3) is 0 Å². The van der Waals surface area contributed by atoms with Crippen LogP contribution in [0.3, 0.4) is 0 Å². The van der Waals surface area contributed by atoms with Crippen LogP contribution in [-0.4, -0.2) is 12.1 Å². The van der Waals surface area contributed by atoms with E-state index in [0.717, 1.165) is 5.75 Å². The van der Waals surface area contributed by atoms with E-state index in [2.05, 4.69) is 10.6 Å². The van der Waals surface area contributed by atoms with E-state index >= 15 is 0 Å². The van der Waals surface area contributed by atoms with Crippen LogP contribution in [0.4, 0.5) is 14.9 Å². The lowest BCUT2D eigenvalue weighted by Gasteiger charge is -2.11. The zero-order chi connectivity index (χ0) is 15.9. The zero-order valence-corrected chi connectivity index (χ0v) is 12.6. The quantitative estimate of drug-likeness (QED) is 0.879. The van der Waals surface area contributed by atoms with Gasteiger partial charge in [-0.25, -0.2) is 9.18 Å². The molecule has 0 aliphatic heterocycles. The fourth-order valence-electron chi connectivity index (χ4n) is 1.88. The Morgan fingerprint density at radius 3 is 2.45 bits per heavy atom. The van der Waals surface area contributed by atoms with Crippen LogP contribution in [0.1, 0.15) is 19.4 Å². The number of urea groups is 1. The van der Waals surface area contributed by atoms with E-state index in [-0.39, 0.29) is 24.5 Å². The second-order valence-corrected chi connectivity index (χ2v) is 5.09. The highest BCUT2D eigenvalue weighted by molar-refractivity contribution is 5.89. The number of hydrogen-bond donors (Lipinski definition) is 2. The van der Waals surface area contributed by atoms with Gasteiger partial charge in [-0.05, 0) is 44.2 Å². The van der Waals surface area contributed by atoms with Crippen molar-refractivity contribution in [3.05, 3.63) is 59.9 Å². The first-order chi connectivity index (χ1) is 10.5. The number of hydrogen-bond acceptors (Lipinski definition) is 2. The summed E-state index contributed by atoms with van der Waals surface area (Å²) in [5, 5.41) is 5.30. The third kappa shape index (κ3) is 4.77. The Morgan fingerprint density at radius 1 is 1.14 bits per heavy atom. The predicted molar refractivity (Wildman–Crippen MR) is 84.5 cm³/mol. The summed E-state index contributed by atoms with van der Waals surface area (Å²) in [4.78, 5) is 11.8. The van der Waals surface area contributed by atoms with E-state index in [1.54, 1.807) is 42.5 Å². The molecule has 0 bridgehead atoms. The monoisotopic (exact) mass is 302 g/mol. The van der Waals surface area contributed by atoms with Crippen molar-refractivity contribution < 1.29 is 13.9 Å². The van der Waals surface area contributed by atoms with Crippen molar-refractivity contribution in [2.24, 2.45) is 0 Å². The molecule has 0 saturated heterocycles. The molecule has 0 heterocycles. The number of nitrogens with one attached hydrogen (secondary N) is 2. The van der Waals surface area contributed by atoms with Crippen molar-refractivity contribution in [1.29, 1.82) is 0 Å². The maximum atomic E-state index is 13.4. The molecule has 0 radical (unpaired) electrons. The van der Waals surface area contributed by atoms with E-state index in [4.69, 9.17) is 4.74 Å². The van der Waals surface area contributed by atoms with Gasteiger partial charge in [0.2, 0.25) is 0 Å². The van der Waals surface area contributed by atoms with Crippen LogP contribution in [0.15, 0.2) is 48.5 Å². The van der Waals surface area contributed by atoms with Gasteiger partial charge in [-0.1, -0.05) is 18.2 Å². The number of ether oxygens (including phenoxy) is 1. The molecule has 2 aromatic rings. The Bertz CT molecular complexity index is 627. The lowest BCUT2D eigenvalue weighted by Crippen LogP contribution is -2.28. The summed E-state index contributed by atoms with van der Waals surface area (Å²) in [5.41, 5.74) is 1.08. The Kier molecular flexibility index (Phi) is 5.36. The smallest absolute Gasteiger partial charge is 0.319 e. The van der Waals surface area contributed by atoms with Crippen molar-refractivity contribution in [3.8, 4) is 5.75 Å². The van der Waals surface area contributed by atoms with E-state index in [9.17, 15) is 9.18 Å². The molecule has 0 unspecified atom stereocenters. The van der Waals surface area contributed by atoms with Gasteiger partial charge < -0.3 is 15.4 Å². The molecule has 0 aliphatic carbocycles. The molecule has 116 valence electrons. The molecule has 2 amide bonds. The Morgan fingerprint density at radius 2 is 1.82 bits per heavy atom. The van der Waals surface area contributed by atoms with Gasteiger partial charge in [0.25, 0.3) is 0 Å². The molecule has 0 atom stereocenters. The minimum absolute atomic E-state index is 0.0999. The van der Waals surface area contributed by atoms with Crippen molar-refractivity contribution >= 4 is 11.7 Å². The summed E-state index contributed by atoms with van der Waals surface area (Å²) in [6.07, 6.45) is 0.0999. The van der Waals surface area contributed by atoms with E-state index < -0.39 is 0 Å². The van der Waals surface area contributed by atoms with Crippen molar-refractivity contribution in [2.45, 2.75) is 26.5 Å². The Labute approximate surface area is 129 Å². The van der Waals surface area contributed by atoms with Crippen LogP contribution < -0.4 is 15.4 Å². The number of carbonyl (C=O) groups excluding carboxylic acids is 1. The normalized spacial score (nSPS) is 10.4. The fraction of sp³-hybridized carbons (Fsp3) is 0.235. The molecular formula is C17H19FN2O2. The summed E-state index contributed by atoms with van der Waals surface area (Å²) in [7, 11) is 0. The summed E-state index contributed by atoms with van der Waals surface area (Å²) in [5.74, 6) is 0.408. The van der Waals surface area contributed by atoms with Gasteiger partial charge in [-0.3, -0.25) is 0 Å². The highest BCUT2D eigenvalue weighted by Gasteiger charge is 2.05. The predicted octanol–water partition coefficient (Wildman–Crippen LogP) is 3.93. The van der Waals surface area contributed by atoms with E-state index in [1.807, 2.05) is 13.8 Å². The van der Waals surface area contributed by atoms with Crippen LogP contribution in [0, 0.1) is 5.82 Å². The lowest BCUT2D eigenvalue weighted by molar-refractivity contribution is 0.242. The molecule has 2 N–H and O–H groups in total. The number of benzene rings is 2. The topological polar surface area (TPSA) is 50.4 Å². The second-order valence-electron chi connectivity index (χ2n) is 5.09. The molecular weight excluding hydrogens is 283 g/mol. The average molecular weight is 302 g/mol. The molecule has 0 fully saturated rings. The Hall–Kier alpha value is -2.56. The summed E-state index contributed by atoms with van der Waals surface area (Å²) >= 11 is 0. The molecule has 5 heteroatoms. The van der Waals surface area contributed by atoms with Gasteiger partial charge in [0.1, 0.15) is 11.6 Å². The van der Waals surface area contributed by atoms with Gasteiger partial charge in [-0.2, -0.15) is 0 Å². The van der Waals surface area contributed by atoms with Gasteiger partial charge in [0, 0.05) is 17.8 Å². The van der Waals surface area contributed by atoms with Crippen LogP contribution in [0.2, 0.25) is 0 Å². The third-order valence-corrected chi connectivity index (χ3v) is 2.88. The minimum Gasteiger partial charge on any atom is -0.491 e. The molecule has 0 saturated carbocycles. The molecule has 2 rings (SSSR count). The number of carbonyl (C=O) groups is 1. The highest BCUT2D eigenvalue weighted by atomic mass is 19.1. The molecule has 22 heavy (non-hydrogen) atoms. The maximum absolute atomic E-state index is 13.4. The number of amides is 2. The summed E-state index contributed by atoms with van der Waals surface area (Å²) < 4.78 is 19.0. The summed E-state index contributed by atoms with van der Waals surface area (Å²) in [6, 6.07) is 13.0. The van der Waals surface area contributed by atoms with Crippen LogP contribution >= 0.6 is 0 Å². The standard InChI is InChI=1S/C17H19FN2O2/c1-12(2)22-15-9-7-14(8-10-15)20-17(21)19-11-13-5-3-4-6-16(13)18/h3-10,12H,11H2,1-2H3,(H2,19,20,21). The van der Waals surface area contributed by atoms with Crippen LogP contribution in [-0.2, 0) is 6.54 Å². The molecule has 4 nitrogen and oxygen atoms in total. The fourth-order valence-corrected chi connectivity index (χ4v) is 1.88. The average Bonchev–Trinajstić information content (AvgIpc) is 2.48. The Balaban J connectivity index is 1.85. The highest BCUT2D eigenvalue weighted by Crippen LogP contribution is 2.16. The van der Waals surface area contributed by atoms with Crippen LogP contribution in [0.5, 0.6) is 5.75 Å². The molecule has 0 aliphatic rings. The maximum Gasteiger partial charge on any atom is 0.319 e. The molecule has 0 spiro atoms.